The van der Waals surface area contributed by atoms with Gasteiger partial charge in [0.15, 0.2) is 0 Å². The van der Waals surface area contributed by atoms with Gasteiger partial charge in [0.05, 0.1) is 0 Å². The van der Waals surface area contributed by atoms with Crippen LogP contribution in [0.2, 0.25) is 0 Å². The summed E-state index contributed by atoms with van der Waals surface area (Å²) in [6, 6.07) is 0. The quantitative estimate of drug-likeness (QED) is 0.744. The van der Waals surface area contributed by atoms with Crippen LogP contribution >= 0.6 is 0 Å². The Morgan fingerprint density at radius 2 is 2.05 bits per heavy atom. The maximum atomic E-state index is 12.1. The molecule has 19 heavy (non-hydrogen) atoms. The van der Waals surface area contributed by atoms with Gasteiger partial charge in [-0.05, 0) is 25.2 Å². The molecule has 0 spiro atoms. The maximum Gasteiger partial charge on any atom is 0.224 e. The predicted molar refractivity (Wildman–Crippen MR) is 71.6 cm³/mol. The van der Waals surface area contributed by atoms with E-state index in [1.165, 1.54) is 0 Å². The van der Waals surface area contributed by atoms with Gasteiger partial charge in [0.25, 0.3) is 0 Å². The Morgan fingerprint density at radius 3 is 2.63 bits per heavy atom. The van der Waals surface area contributed by atoms with Crippen LogP contribution in [-0.4, -0.2) is 61.5 Å². The molecule has 2 aliphatic rings. The first kappa shape index (κ1) is 14.3. The van der Waals surface area contributed by atoms with Crippen molar-refractivity contribution >= 4 is 11.8 Å². The van der Waals surface area contributed by atoms with Gasteiger partial charge in [0.2, 0.25) is 11.8 Å². The molecule has 0 atom stereocenters. The van der Waals surface area contributed by atoms with Crippen LogP contribution in [0, 0.1) is 5.92 Å². The van der Waals surface area contributed by atoms with Crippen molar-refractivity contribution in [3.8, 4) is 0 Å². The third-order valence-electron chi connectivity index (χ3n) is 4.14. The predicted octanol–water partition coefficient (Wildman–Crippen LogP) is 0.884. The summed E-state index contributed by atoms with van der Waals surface area (Å²) in [7, 11) is 1.73. The fourth-order valence-corrected chi connectivity index (χ4v) is 2.91. The van der Waals surface area contributed by atoms with Gasteiger partial charge < -0.3 is 14.5 Å². The number of hydrogen-bond acceptors (Lipinski definition) is 3. The summed E-state index contributed by atoms with van der Waals surface area (Å²) >= 11 is 0. The molecular weight excluding hydrogens is 244 g/mol. The first-order valence-corrected chi connectivity index (χ1v) is 7.25. The molecule has 0 aromatic rings. The first-order chi connectivity index (χ1) is 9.20. The molecular formula is C14H24N2O3. The highest BCUT2D eigenvalue weighted by Gasteiger charge is 2.25. The molecule has 0 unspecified atom stereocenters. The minimum atomic E-state index is 0.190. The molecule has 2 fully saturated rings. The number of piperidine rings is 1. The molecule has 0 radical (unpaired) electrons. The van der Waals surface area contributed by atoms with Crippen LogP contribution in [0.25, 0.3) is 0 Å². The van der Waals surface area contributed by atoms with Crippen molar-refractivity contribution in [2.45, 2.75) is 32.1 Å². The number of ether oxygens (including phenoxy) is 1. The van der Waals surface area contributed by atoms with Gasteiger partial charge in [-0.3, -0.25) is 9.59 Å². The lowest BCUT2D eigenvalue weighted by Crippen LogP contribution is -2.40. The summed E-state index contributed by atoms with van der Waals surface area (Å²) in [5.41, 5.74) is 0. The number of amides is 2. The average molecular weight is 268 g/mol. The third-order valence-corrected chi connectivity index (χ3v) is 4.14. The van der Waals surface area contributed by atoms with Crippen molar-refractivity contribution in [3.63, 3.8) is 0 Å². The fourth-order valence-electron chi connectivity index (χ4n) is 2.91. The molecule has 0 N–H and O–H groups in total. The van der Waals surface area contributed by atoms with Crippen molar-refractivity contribution < 1.29 is 14.3 Å². The zero-order valence-corrected chi connectivity index (χ0v) is 11.8. The molecule has 2 aliphatic heterocycles. The van der Waals surface area contributed by atoms with E-state index < -0.39 is 0 Å². The molecule has 0 bridgehead atoms. The van der Waals surface area contributed by atoms with Crippen molar-refractivity contribution in [1.29, 1.82) is 0 Å². The first-order valence-electron chi connectivity index (χ1n) is 7.25. The van der Waals surface area contributed by atoms with Crippen LogP contribution in [-0.2, 0) is 14.3 Å². The minimum absolute atomic E-state index is 0.190. The molecule has 5 heteroatoms. The van der Waals surface area contributed by atoms with Crippen molar-refractivity contribution in [2.75, 3.05) is 39.9 Å². The normalized spacial score (nSPS) is 21.2. The second-order valence-electron chi connectivity index (χ2n) is 5.51. The van der Waals surface area contributed by atoms with E-state index in [1.54, 1.807) is 7.11 Å². The van der Waals surface area contributed by atoms with E-state index in [-0.39, 0.29) is 11.8 Å². The Kier molecular flexibility index (Phi) is 5.19. The van der Waals surface area contributed by atoms with E-state index in [1.807, 2.05) is 9.80 Å². The fraction of sp³-hybridized carbons (Fsp3) is 0.857. The summed E-state index contributed by atoms with van der Waals surface area (Å²) < 4.78 is 5.16. The lowest BCUT2D eigenvalue weighted by Gasteiger charge is -2.32. The number of methoxy groups -OCH3 is 1. The lowest BCUT2D eigenvalue weighted by molar-refractivity contribution is -0.134. The molecule has 5 nitrogen and oxygen atoms in total. The summed E-state index contributed by atoms with van der Waals surface area (Å²) in [5, 5.41) is 0. The number of carbonyl (C=O) groups excluding carboxylic acids is 2. The number of likely N-dealkylation sites (tertiary alicyclic amines) is 2. The van der Waals surface area contributed by atoms with Crippen molar-refractivity contribution in [3.05, 3.63) is 0 Å². The topological polar surface area (TPSA) is 49.9 Å². The zero-order chi connectivity index (χ0) is 13.7. The minimum Gasteiger partial charge on any atom is -0.384 e. The molecule has 0 aromatic carbocycles. The summed E-state index contributed by atoms with van der Waals surface area (Å²) in [6.07, 6.45) is 4.12. The van der Waals surface area contributed by atoms with Crippen LogP contribution < -0.4 is 0 Å². The molecule has 2 saturated heterocycles. The Labute approximate surface area is 114 Å². The van der Waals surface area contributed by atoms with Crippen LogP contribution in [0.3, 0.4) is 0 Å². The Bertz CT molecular complexity index is 325. The van der Waals surface area contributed by atoms with Crippen molar-refractivity contribution in [2.24, 2.45) is 5.92 Å². The number of rotatable bonds is 5. The highest BCUT2D eigenvalue weighted by molar-refractivity contribution is 5.80. The standard InChI is InChI=1S/C14H24N2O3/c1-19-11-12-4-8-16(9-5-12)14(18)6-10-15-7-2-3-13(15)17/h12H,2-11H2,1H3. The average Bonchev–Trinajstić information content (AvgIpc) is 2.83. The molecule has 0 aromatic heterocycles. The third kappa shape index (κ3) is 3.93. The SMILES string of the molecule is COCC1CCN(C(=O)CCN2CCCC2=O)CC1. The highest BCUT2D eigenvalue weighted by atomic mass is 16.5. The van der Waals surface area contributed by atoms with Gasteiger partial charge >= 0.3 is 0 Å². The van der Waals surface area contributed by atoms with Crippen LogP contribution in [0.1, 0.15) is 32.1 Å². The summed E-state index contributed by atoms with van der Waals surface area (Å²) in [6.45, 7) is 3.88. The Hall–Kier alpha value is -1.10. The molecule has 2 heterocycles. The van der Waals surface area contributed by atoms with E-state index in [0.29, 0.717) is 25.3 Å². The van der Waals surface area contributed by atoms with E-state index >= 15 is 0 Å². The summed E-state index contributed by atoms with van der Waals surface area (Å²) in [5.74, 6) is 0.983. The summed E-state index contributed by atoms with van der Waals surface area (Å²) in [4.78, 5) is 27.3. The van der Waals surface area contributed by atoms with Gasteiger partial charge in [0.1, 0.15) is 0 Å². The van der Waals surface area contributed by atoms with Gasteiger partial charge in [-0.15, -0.1) is 0 Å². The van der Waals surface area contributed by atoms with Crippen molar-refractivity contribution in [1.82, 2.24) is 9.80 Å². The molecule has 108 valence electrons. The Morgan fingerprint density at radius 1 is 1.32 bits per heavy atom. The molecule has 2 rings (SSSR count). The lowest BCUT2D eigenvalue weighted by atomic mass is 9.97. The van der Waals surface area contributed by atoms with Crippen LogP contribution in [0.15, 0.2) is 0 Å². The monoisotopic (exact) mass is 268 g/mol. The second-order valence-corrected chi connectivity index (χ2v) is 5.51. The number of hydrogen-bond donors (Lipinski definition) is 0. The van der Waals surface area contributed by atoms with Gasteiger partial charge in [-0.2, -0.15) is 0 Å². The van der Waals surface area contributed by atoms with E-state index in [2.05, 4.69) is 0 Å². The molecule has 2 amide bonds. The van der Waals surface area contributed by atoms with Crippen LogP contribution in [0.4, 0.5) is 0 Å². The van der Waals surface area contributed by atoms with E-state index in [0.717, 1.165) is 45.5 Å². The Balaban J connectivity index is 1.68. The maximum absolute atomic E-state index is 12.1. The van der Waals surface area contributed by atoms with E-state index in [4.69, 9.17) is 4.74 Å². The van der Waals surface area contributed by atoms with Gasteiger partial charge in [-0.1, -0.05) is 0 Å². The largest absolute Gasteiger partial charge is 0.384 e. The zero-order valence-electron chi connectivity index (χ0n) is 11.8. The van der Waals surface area contributed by atoms with Gasteiger partial charge in [0, 0.05) is 52.7 Å². The van der Waals surface area contributed by atoms with Crippen LogP contribution in [0.5, 0.6) is 0 Å². The molecule has 0 aliphatic carbocycles. The van der Waals surface area contributed by atoms with E-state index in [9.17, 15) is 9.59 Å². The number of carbonyl (C=O) groups is 2. The highest BCUT2D eigenvalue weighted by Crippen LogP contribution is 2.18. The smallest absolute Gasteiger partial charge is 0.224 e. The second kappa shape index (κ2) is 6.89. The molecule has 0 saturated carbocycles. The van der Waals surface area contributed by atoms with Gasteiger partial charge in [-0.25, -0.2) is 0 Å². The number of nitrogens with zero attached hydrogens (tertiary/aromatic N) is 2.